The molecule has 1 rings (SSSR count). The minimum absolute atomic E-state index is 1.02. The maximum Gasteiger partial charge on any atom is 0.260 e. The monoisotopic (exact) mass is 110 g/mol. The summed E-state index contributed by atoms with van der Waals surface area (Å²) in [5.74, 6) is 0. The molecule has 0 atom stereocenters. The van der Waals surface area contributed by atoms with Crippen molar-refractivity contribution in [1.82, 2.24) is 15.1 Å². The Hall–Kier alpha value is -1.48. The first kappa shape index (κ1) is 4.67. The Labute approximate surface area is 44.6 Å². The van der Waals surface area contributed by atoms with Gasteiger partial charge in [-0.05, 0) is 5.21 Å². The van der Waals surface area contributed by atoms with E-state index >= 15 is 0 Å². The van der Waals surface area contributed by atoms with E-state index in [0.29, 0.717) is 0 Å². The highest BCUT2D eigenvalue weighted by atomic mass is 16.1. The van der Waals surface area contributed by atoms with E-state index in [1.54, 1.807) is 0 Å². The van der Waals surface area contributed by atoms with Crippen molar-refractivity contribution in [2.75, 3.05) is 0 Å². The van der Waals surface area contributed by atoms with Crippen LogP contribution in [0.25, 0.3) is 0 Å². The third kappa shape index (κ3) is 0.772. The standard InChI is InChI=1S/C3H2N4O/c8-3-5-7-2-1-4-6-7/h1-2H. The molecular weight excluding hydrogens is 108 g/mol. The van der Waals surface area contributed by atoms with Gasteiger partial charge >= 0.3 is 0 Å². The molecule has 0 amide bonds. The average Bonchev–Trinajstić information content (AvgIpc) is 2.19. The molecule has 0 bridgehead atoms. The van der Waals surface area contributed by atoms with Crippen LogP contribution in [0.3, 0.4) is 0 Å². The molecule has 0 radical (unpaired) electrons. The highest BCUT2D eigenvalue weighted by molar-refractivity contribution is 5.32. The SMILES string of the molecule is O=C=Nn1ccnn1. The van der Waals surface area contributed by atoms with E-state index < -0.39 is 0 Å². The van der Waals surface area contributed by atoms with E-state index in [0.717, 1.165) is 4.79 Å². The summed E-state index contributed by atoms with van der Waals surface area (Å²) in [6.07, 6.45) is 4.16. The minimum atomic E-state index is 1.02. The molecule has 5 heteroatoms. The molecule has 1 aromatic heterocycles. The lowest BCUT2D eigenvalue weighted by molar-refractivity contribution is 0.554. The normalized spacial score (nSPS) is 8.00. The van der Waals surface area contributed by atoms with Gasteiger partial charge in [0.15, 0.2) is 0 Å². The van der Waals surface area contributed by atoms with Gasteiger partial charge in [0.1, 0.15) is 0 Å². The molecule has 40 valence electrons. The molecule has 0 aliphatic heterocycles. The van der Waals surface area contributed by atoms with E-state index in [-0.39, 0.29) is 0 Å². The predicted molar refractivity (Wildman–Crippen MR) is 23.5 cm³/mol. The lowest BCUT2D eigenvalue weighted by atomic mass is 11.0. The first-order chi connectivity index (χ1) is 3.93. The Morgan fingerprint density at radius 1 is 1.75 bits per heavy atom. The zero-order valence-corrected chi connectivity index (χ0v) is 3.85. The second-order valence-electron chi connectivity index (χ2n) is 1.01. The summed E-state index contributed by atoms with van der Waals surface area (Å²) in [6.45, 7) is 0. The Kier molecular flexibility index (Phi) is 1.16. The quantitative estimate of drug-likeness (QED) is 0.357. The Balaban J connectivity index is 2.93. The number of isocyanates is 1. The van der Waals surface area contributed by atoms with E-state index in [1.807, 2.05) is 0 Å². The highest BCUT2D eigenvalue weighted by Crippen LogP contribution is 1.73. The summed E-state index contributed by atoms with van der Waals surface area (Å²) >= 11 is 0. The van der Waals surface area contributed by atoms with Crippen molar-refractivity contribution in [3.63, 3.8) is 0 Å². The third-order valence-corrected chi connectivity index (χ3v) is 0.553. The van der Waals surface area contributed by atoms with Crippen LogP contribution in [-0.2, 0) is 4.79 Å². The third-order valence-electron chi connectivity index (χ3n) is 0.553. The molecule has 0 aliphatic carbocycles. The van der Waals surface area contributed by atoms with Gasteiger partial charge in [0.05, 0.1) is 12.4 Å². The first-order valence-corrected chi connectivity index (χ1v) is 1.88. The van der Waals surface area contributed by atoms with Crippen molar-refractivity contribution in [1.29, 1.82) is 0 Å². The van der Waals surface area contributed by atoms with Crippen molar-refractivity contribution in [3.05, 3.63) is 12.4 Å². The average molecular weight is 110 g/mol. The van der Waals surface area contributed by atoms with Crippen molar-refractivity contribution in [2.24, 2.45) is 5.10 Å². The molecule has 0 saturated heterocycles. The maximum atomic E-state index is 9.49. The molecule has 0 fully saturated rings. The topological polar surface area (TPSA) is 60.1 Å². The fraction of sp³-hybridized carbons (Fsp3) is 0. The molecular formula is C3H2N4O. The number of nitrogens with zero attached hydrogens (tertiary/aromatic N) is 4. The predicted octanol–water partition coefficient (Wildman–Crippen LogP) is -0.623. The molecule has 1 aromatic rings. The van der Waals surface area contributed by atoms with Gasteiger partial charge in [0.25, 0.3) is 6.08 Å². The van der Waals surface area contributed by atoms with Gasteiger partial charge in [0, 0.05) is 0 Å². The van der Waals surface area contributed by atoms with E-state index in [2.05, 4.69) is 15.4 Å². The lowest BCUT2D eigenvalue weighted by Crippen LogP contribution is -1.86. The first-order valence-electron chi connectivity index (χ1n) is 1.88. The number of hydrogen-bond acceptors (Lipinski definition) is 4. The summed E-state index contributed by atoms with van der Waals surface area (Å²) in [7, 11) is 0. The van der Waals surface area contributed by atoms with Crippen LogP contribution >= 0.6 is 0 Å². The van der Waals surface area contributed by atoms with E-state index in [1.165, 1.54) is 18.5 Å². The van der Waals surface area contributed by atoms with Crippen molar-refractivity contribution in [3.8, 4) is 0 Å². The molecule has 0 aliphatic rings. The van der Waals surface area contributed by atoms with Gasteiger partial charge in [-0.25, -0.2) is 4.79 Å². The van der Waals surface area contributed by atoms with E-state index in [9.17, 15) is 4.79 Å². The van der Waals surface area contributed by atoms with Crippen molar-refractivity contribution < 1.29 is 4.79 Å². The second-order valence-corrected chi connectivity index (χ2v) is 1.01. The van der Waals surface area contributed by atoms with Gasteiger partial charge < -0.3 is 0 Å². The van der Waals surface area contributed by atoms with Gasteiger partial charge in [-0.3, -0.25) is 0 Å². The summed E-state index contributed by atoms with van der Waals surface area (Å²) < 4.78 is 0. The summed E-state index contributed by atoms with van der Waals surface area (Å²) in [5.41, 5.74) is 0. The molecule has 0 unspecified atom stereocenters. The van der Waals surface area contributed by atoms with Crippen LogP contribution in [0.2, 0.25) is 0 Å². The van der Waals surface area contributed by atoms with Crippen molar-refractivity contribution in [2.45, 2.75) is 0 Å². The Morgan fingerprint density at radius 2 is 2.62 bits per heavy atom. The van der Waals surface area contributed by atoms with Crippen LogP contribution < -0.4 is 0 Å². The van der Waals surface area contributed by atoms with Gasteiger partial charge in [-0.1, -0.05) is 5.10 Å². The van der Waals surface area contributed by atoms with Crippen LogP contribution in [0.4, 0.5) is 0 Å². The molecule has 8 heavy (non-hydrogen) atoms. The number of aromatic nitrogens is 3. The zero-order valence-electron chi connectivity index (χ0n) is 3.85. The van der Waals surface area contributed by atoms with E-state index in [4.69, 9.17) is 0 Å². The fourth-order valence-electron chi connectivity index (χ4n) is 0.297. The number of hydrogen-bond donors (Lipinski definition) is 0. The summed E-state index contributed by atoms with van der Waals surface area (Å²) in [6, 6.07) is 0. The molecule has 0 spiro atoms. The number of carbonyl (C=O) groups excluding carboxylic acids is 1. The van der Waals surface area contributed by atoms with Gasteiger partial charge in [-0.2, -0.15) is 0 Å². The molecule has 0 N–H and O–H groups in total. The zero-order chi connectivity index (χ0) is 5.82. The van der Waals surface area contributed by atoms with Crippen LogP contribution in [0, 0.1) is 0 Å². The molecule has 0 aromatic carbocycles. The largest absolute Gasteiger partial charge is 0.260 e. The van der Waals surface area contributed by atoms with Crippen LogP contribution in [0.1, 0.15) is 0 Å². The lowest BCUT2D eigenvalue weighted by Gasteiger charge is -1.74. The maximum absolute atomic E-state index is 9.49. The Morgan fingerprint density at radius 3 is 3.12 bits per heavy atom. The van der Waals surface area contributed by atoms with Gasteiger partial charge in [0.2, 0.25) is 0 Å². The molecule has 1 heterocycles. The second kappa shape index (κ2) is 1.99. The summed E-state index contributed by atoms with van der Waals surface area (Å²) in [5, 5.41) is 9.83. The smallest absolute Gasteiger partial charge is 0.209 e. The van der Waals surface area contributed by atoms with Crippen molar-refractivity contribution >= 4 is 6.08 Å². The molecule has 0 saturated carbocycles. The van der Waals surface area contributed by atoms with Gasteiger partial charge in [-0.15, -0.1) is 9.89 Å². The molecule has 5 nitrogen and oxygen atoms in total. The van der Waals surface area contributed by atoms with Crippen LogP contribution in [-0.4, -0.2) is 21.2 Å². The van der Waals surface area contributed by atoms with Crippen LogP contribution in [0.15, 0.2) is 17.5 Å². The summed E-state index contributed by atoms with van der Waals surface area (Å²) in [4.78, 5) is 10.5. The van der Waals surface area contributed by atoms with Crippen LogP contribution in [0.5, 0.6) is 0 Å². The fourth-order valence-corrected chi connectivity index (χ4v) is 0.297. The number of rotatable bonds is 1. The highest BCUT2D eigenvalue weighted by Gasteiger charge is 1.79. The minimum Gasteiger partial charge on any atom is -0.209 e. The Bertz CT molecular complexity index is 197.